The van der Waals surface area contributed by atoms with Crippen molar-refractivity contribution in [2.75, 3.05) is 0 Å². The smallest absolute Gasteiger partial charge is 0.150 e. The molecule has 0 radical (unpaired) electrons. The summed E-state index contributed by atoms with van der Waals surface area (Å²) in [4.78, 5) is 3.10. The maximum atomic E-state index is 6.42. The van der Waals surface area contributed by atoms with Crippen LogP contribution in [0.1, 0.15) is 32.6 Å². The Labute approximate surface area is 57.2 Å². The highest BCUT2D eigenvalue weighted by atomic mass is 14.6. The summed E-state index contributed by atoms with van der Waals surface area (Å²) in [5, 5.41) is 0. The van der Waals surface area contributed by atoms with Gasteiger partial charge in [-0.2, -0.15) is 0 Å². The van der Waals surface area contributed by atoms with Crippen molar-refractivity contribution in [3.8, 4) is 0 Å². The van der Waals surface area contributed by atoms with Crippen LogP contribution in [0.5, 0.6) is 0 Å². The molecule has 0 aromatic heterocycles. The van der Waals surface area contributed by atoms with Crippen molar-refractivity contribution in [2.45, 2.75) is 32.6 Å². The van der Waals surface area contributed by atoms with Crippen LogP contribution in [0.2, 0.25) is 0 Å². The predicted molar refractivity (Wildman–Crippen MR) is 39.9 cm³/mol. The molecular weight excluding hydrogens is 110 g/mol. The number of unbranched alkanes of at least 4 members (excludes halogenated alkanes) is 3. The van der Waals surface area contributed by atoms with Crippen LogP contribution in [-0.2, 0) is 0 Å². The lowest BCUT2D eigenvalue weighted by Crippen LogP contribution is -1.68. The van der Waals surface area contributed by atoms with E-state index in [1.54, 1.807) is 0 Å². The normalized spacial score (nSPS) is 9.78. The Balaban J connectivity index is 2.93. The Morgan fingerprint density at radius 2 is 2.22 bits per heavy atom. The molecule has 0 rings (SSSR count). The molecule has 0 bridgehead atoms. The zero-order chi connectivity index (χ0) is 6.95. The Bertz CT molecular complexity index is 108. The van der Waals surface area contributed by atoms with E-state index in [0.717, 1.165) is 6.42 Å². The summed E-state index contributed by atoms with van der Waals surface area (Å²) in [7, 11) is 0. The van der Waals surface area contributed by atoms with Crippen LogP contribution in [0.15, 0.2) is 12.3 Å². The first-order valence-electron chi connectivity index (χ1n) is 3.43. The summed E-state index contributed by atoms with van der Waals surface area (Å²) < 4.78 is 0. The summed E-state index contributed by atoms with van der Waals surface area (Å²) in [6, 6.07) is 0. The van der Waals surface area contributed by atoms with E-state index < -0.39 is 0 Å². The minimum absolute atomic E-state index is 1.07. The highest BCUT2D eigenvalue weighted by Gasteiger charge is 1.79. The van der Waals surface area contributed by atoms with Gasteiger partial charge in [0.1, 0.15) is 6.20 Å². The number of hydrogen-bond donors (Lipinski definition) is 0. The minimum Gasteiger partial charge on any atom is -0.246 e. The zero-order valence-electron chi connectivity index (χ0n) is 5.93. The zero-order valence-corrected chi connectivity index (χ0v) is 5.93. The van der Waals surface area contributed by atoms with Crippen LogP contribution < -0.4 is 0 Å². The molecule has 0 aliphatic heterocycles. The summed E-state index contributed by atoms with van der Waals surface area (Å²) in [6.45, 7) is 8.60. The van der Waals surface area contributed by atoms with Gasteiger partial charge in [-0.25, -0.2) is 4.85 Å². The Morgan fingerprint density at radius 3 is 2.78 bits per heavy atom. The average molecular weight is 123 g/mol. The summed E-state index contributed by atoms with van der Waals surface area (Å²) in [5.41, 5.74) is 0. The summed E-state index contributed by atoms with van der Waals surface area (Å²) in [6.07, 6.45) is 8.30. The highest BCUT2D eigenvalue weighted by molar-refractivity contribution is 4.88. The van der Waals surface area contributed by atoms with Gasteiger partial charge in [0.15, 0.2) is 0 Å². The van der Waals surface area contributed by atoms with Crippen LogP contribution in [-0.4, -0.2) is 0 Å². The lowest BCUT2D eigenvalue weighted by Gasteiger charge is -1.88. The third-order valence-corrected chi connectivity index (χ3v) is 1.15. The van der Waals surface area contributed by atoms with Crippen molar-refractivity contribution in [1.82, 2.24) is 0 Å². The standard InChI is InChI=1S/C8H13N/c1-3-4-5-6-7-8-9-2/h7-8H,3-6H2,1H3/b8-7+. The fraction of sp³-hybridized carbons (Fsp3) is 0.625. The van der Waals surface area contributed by atoms with Gasteiger partial charge in [-0.3, -0.25) is 0 Å². The molecule has 0 amide bonds. The lowest BCUT2D eigenvalue weighted by atomic mass is 10.2. The molecule has 1 nitrogen and oxygen atoms in total. The first kappa shape index (κ1) is 8.23. The van der Waals surface area contributed by atoms with Crippen LogP contribution in [0.4, 0.5) is 0 Å². The third kappa shape index (κ3) is 7.23. The largest absolute Gasteiger partial charge is 0.246 e. The molecule has 0 fully saturated rings. The lowest BCUT2D eigenvalue weighted by molar-refractivity contribution is 0.729. The van der Waals surface area contributed by atoms with Crippen LogP contribution >= 0.6 is 0 Å². The molecule has 0 N–H and O–H groups in total. The molecule has 0 saturated heterocycles. The SMILES string of the molecule is [C-]#[N+]/C=C/CCCCC. The molecule has 50 valence electrons. The molecule has 0 spiro atoms. The number of hydrogen-bond acceptors (Lipinski definition) is 0. The first-order valence-corrected chi connectivity index (χ1v) is 3.43. The quantitative estimate of drug-likeness (QED) is 0.400. The van der Waals surface area contributed by atoms with Gasteiger partial charge in [-0.1, -0.05) is 32.3 Å². The molecule has 0 aromatic carbocycles. The Morgan fingerprint density at radius 1 is 1.44 bits per heavy atom. The molecule has 0 unspecified atom stereocenters. The van der Waals surface area contributed by atoms with Gasteiger partial charge >= 0.3 is 0 Å². The highest BCUT2D eigenvalue weighted by Crippen LogP contribution is 1.98. The van der Waals surface area contributed by atoms with E-state index in [-0.39, 0.29) is 0 Å². The molecule has 0 saturated carbocycles. The van der Waals surface area contributed by atoms with E-state index in [9.17, 15) is 0 Å². The molecule has 9 heavy (non-hydrogen) atoms. The second-order valence-corrected chi connectivity index (χ2v) is 2.01. The van der Waals surface area contributed by atoms with Crippen molar-refractivity contribution < 1.29 is 0 Å². The van der Waals surface area contributed by atoms with E-state index in [1.165, 1.54) is 25.5 Å². The molecule has 0 atom stereocenters. The molecule has 0 heterocycles. The maximum absolute atomic E-state index is 6.42. The van der Waals surface area contributed by atoms with Gasteiger partial charge in [0.2, 0.25) is 0 Å². The number of allylic oxidation sites excluding steroid dienone is 1. The fourth-order valence-electron chi connectivity index (χ4n) is 0.639. The minimum atomic E-state index is 1.07. The van der Waals surface area contributed by atoms with E-state index in [0.29, 0.717) is 0 Å². The molecule has 0 aromatic rings. The Kier molecular flexibility index (Phi) is 6.61. The van der Waals surface area contributed by atoms with Gasteiger partial charge in [-0.05, 0) is 6.42 Å². The second-order valence-electron chi connectivity index (χ2n) is 2.01. The molecular formula is C8H13N. The van der Waals surface area contributed by atoms with E-state index in [1.807, 2.05) is 6.08 Å². The predicted octanol–water partition coefficient (Wildman–Crippen LogP) is 3.00. The summed E-state index contributed by atoms with van der Waals surface area (Å²) >= 11 is 0. The molecule has 1 heteroatoms. The van der Waals surface area contributed by atoms with Crippen molar-refractivity contribution in [3.63, 3.8) is 0 Å². The Hall–Kier alpha value is -0.770. The van der Waals surface area contributed by atoms with Gasteiger partial charge in [0.25, 0.3) is 0 Å². The van der Waals surface area contributed by atoms with Gasteiger partial charge in [-0.15, -0.1) is 0 Å². The van der Waals surface area contributed by atoms with Crippen LogP contribution in [0.25, 0.3) is 4.85 Å². The molecule has 0 aliphatic rings. The van der Waals surface area contributed by atoms with Crippen molar-refractivity contribution in [1.29, 1.82) is 0 Å². The van der Waals surface area contributed by atoms with Crippen molar-refractivity contribution in [3.05, 3.63) is 23.7 Å². The molecule has 0 aliphatic carbocycles. The van der Waals surface area contributed by atoms with E-state index >= 15 is 0 Å². The average Bonchev–Trinajstić information content (AvgIpc) is 1.89. The van der Waals surface area contributed by atoms with E-state index in [4.69, 9.17) is 6.57 Å². The van der Waals surface area contributed by atoms with Gasteiger partial charge < -0.3 is 0 Å². The fourth-order valence-corrected chi connectivity index (χ4v) is 0.639. The maximum Gasteiger partial charge on any atom is 0.150 e. The topological polar surface area (TPSA) is 4.36 Å². The van der Waals surface area contributed by atoms with Crippen LogP contribution in [0, 0.1) is 6.57 Å². The van der Waals surface area contributed by atoms with Crippen molar-refractivity contribution >= 4 is 0 Å². The van der Waals surface area contributed by atoms with Crippen LogP contribution in [0.3, 0.4) is 0 Å². The monoisotopic (exact) mass is 123 g/mol. The van der Waals surface area contributed by atoms with E-state index in [2.05, 4.69) is 11.8 Å². The van der Waals surface area contributed by atoms with Gasteiger partial charge in [0, 0.05) is 0 Å². The number of rotatable bonds is 4. The van der Waals surface area contributed by atoms with Crippen molar-refractivity contribution in [2.24, 2.45) is 0 Å². The first-order chi connectivity index (χ1) is 4.41. The third-order valence-electron chi connectivity index (χ3n) is 1.15. The second kappa shape index (κ2) is 7.23. The van der Waals surface area contributed by atoms with Gasteiger partial charge in [0.05, 0.1) is 6.57 Å². The number of nitrogens with zero attached hydrogens (tertiary/aromatic N) is 1. The summed E-state index contributed by atoms with van der Waals surface area (Å²) in [5.74, 6) is 0.